The third kappa shape index (κ3) is 1.99. The lowest BCUT2D eigenvalue weighted by molar-refractivity contribution is 1.20. The van der Waals surface area contributed by atoms with Gasteiger partial charge in [0.15, 0.2) is 0 Å². The molecule has 0 aliphatic carbocycles. The van der Waals surface area contributed by atoms with Crippen molar-refractivity contribution in [2.75, 3.05) is 5.73 Å². The normalized spacial score (nSPS) is 10.3. The van der Waals surface area contributed by atoms with Gasteiger partial charge in [0, 0.05) is 23.7 Å². The molecule has 0 unspecified atom stereocenters. The molecule has 0 radical (unpaired) electrons. The van der Waals surface area contributed by atoms with Crippen LogP contribution >= 0.6 is 15.9 Å². The number of halogens is 1. The van der Waals surface area contributed by atoms with Crippen molar-refractivity contribution in [3.05, 3.63) is 40.8 Å². The molecule has 3 nitrogen and oxygen atoms in total. The van der Waals surface area contributed by atoms with Crippen LogP contribution in [0.4, 0.5) is 5.82 Å². The molecule has 15 heavy (non-hydrogen) atoms. The molecule has 2 rings (SSSR count). The molecular weight excluding hydrogens is 254 g/mol. The molecule has 2 aromatic heterocycles. The summed E-state index contributed by atoms with van der Waals surface area (Å²) in [4.78, 5) is 8.24. The van der Waals surface area contributed by atoms with Crippen LogP contribution in [-0.4, -0.2) is 9.97 Å². The van der Waals surface area contributed by atoms with Crippen molar-refractivity contribution in [1.29, 1.82) is 0 Å². The molecule has 0 fully saturated rings. The molecule has 0 saturated carbocycles. The second-order valence-electron chi connectivity index (χ2n) is 3.22. The van der Waals surface area contributed by atoms with Crippen molar-refractivity contribution in [3.63, 3.8) is 0 Å². The molecule has 2 N–H and O–H groups in total. The SMILES string of the molecule is Cc1nc(N)c(Br)cc1-c1ccncc1. The molecule has 0 aliphatic heterocycles. The summed E-state index contributed by atoms with van der Waals surface area (Å²) in [7, 11) is 0. The van der Waals surface area contributed by atoms with Gasteiger partial charge in [-0.3, -0.25) is 4.98 Å². The van der Waals surface area contributed by atoms with E-state index in [9.17, 15) is 0 Å². The molecule has 0 aromatic carbocycles. The zero-order valence-electron chi connectivity index (χ0n) is 8.24. The summed E-state index contributed by atoms with van der Waals surface area (Å²) in [6.45, 7) is 1.94. The van der Waals surface area contributed by atoms with E-state index in [0.29, 0.717) is 5.82 Å². The highest BCUT2D eigenvalue weighted by Gasteiger charge is 2.06. The maximum atomic E-state index is 5.70. The predicted octanol–water partition coefficient (Wildman–Crippen LogP) is 2.80. The van der Waals surface area contributed by atoms with E-state index in [0.717, 1.165) is 21.3 Å². The molecule has 2 aromatic rings. The van der Waals surface area contributed by atoms with Gasteiger partial charge >= 0.3 is 0 Å². The van der Waals surface area contributed by atoms with Crippen molar-refractivity contribution < 1.29 is 0 Å². The van der Waals surface area contributed by atoms with Gasteiger partial charge in [0.25, 0.3) is 0 Å². The summed E-state index contributed by atoms with van der Waals surface area (Å²) in [5, 5.41) is 0. The smallest absolute Gasteiger partial charge is 0.138 e. The first-order valence-corrected chi connectivity index (χ1v) is 5.31. The van der Waals surface area contributed by atoms with Gasteiger partial charge in [-0.05, 0) is 46.6 Å². The summed E-state index contributed by atoms with van der Waals surface area (Å²) >= 11 is 3.37. The summed E-state index contributed by atoms with van der Waals surface area (Å²) in [6.07, 6.45) is 3.53. The minimum absolute atomic E-state index is 0.519. The average Bonchev–Trinajstić information content (AvgIpc) is 2.25. The van der Waals surface area contributed by atoms with Gasteiger partial charge in [-0.15, -0.1) is 0 Å². The van der Waals surface area contributed by atoms with Crippen LogP contribution in [0, 0.1) is 6.92 Å². The maximum absolute atomic E-state index is 5.70. The van der Waals surface area contributed by atoms with Crippen LogP contribution in [0.25, 0.3) is 11.1 Å². The Labute approximate surface area is 96.5 Å². The first kappa shape index (κ1) is 10.1. The van der Waals surface area contributed by atoms with Crippen molar-refractivity contribution in [3.8, 4) is 11.1 Å². The van der Waals surface area contributed by atoms with Crippen molar-refractivity contribution in [1.82, 2.24) is 9.97 Å². The Morgan fingerprint density at radius 2 is 1.93 bits per heavy atom. The average molecular weight is 264 g/mol. The number of nitrogen functional groups attached to an aromatic ring is 1. The summed E-state index contributed by atoms with van der Waals surface area (Å²) in [5.41, 5.74) is 8.78. The highest BCUT2D eigenvalue weighted by Crippen LogP contribution is 2.27. The number of hydrogen-bond acceptors (Lipinski definition) is 3. The number of pyridine rings is 2. The largest absolute Gasteiger partial charge is 0.383 e. The third-order valence-corrected chi connectivity index (χ3v) is 2.82. The minimum Gasteiger partial charge on any atom is -0.383 e. The van der Waals surface area contributed by atoms with Crippen LogP contribution in [0.3, 0.4) is 0 Å². The Morgan fingerprint density at radius 3 is 2.60 bits per heavy atom. The maximum Gasteiger partial charge on any atom is 0.138 e. The van der Waals surface area contributed by atoms with Crippen LogP contribution in [0.15, 0.2) is 35.1 Å². The molecule has 0 atom stereocenters. The molecule has 4 heteroatoms. The lowest BCUT2D eigenvalue weighted by Crippen LogP contribution is -1.96. The lowest BCUT2D eigenvalue weighted by atomic mass is 10.1. The van der Waals surface area contributed by atoms with Crippen molar-refractivity contribution >= 4 is 21.7 Å². The molecule has 0 spiro atoms. The molecule has 0 saturated heterocycles. The molecule has 2 heterocycles. The van der Waals surface area contributed by atoms with Crippen molar-refractivity contribution in [2.24, 2.45) is 0 Å². The van der Waals surface area contributed by atoms with E-state index in [4.69, 9.17) is 5.73 Å². The molecule has 76 valence electrons. The van der Waals surface area contributed by atoms with Gasteiger partial charge in [0.05, 0.1) is 4.47 Å². The van der Waals surface area contributed by atoms with E-state index in [-0.39, 0.29) is 0 Å². The first-order valence-electron chi connectivity index (χ1n) is 4.51. The summed E-state index contributed by atoms with van der Waals surface area (Å²) in [6, 6.07) is 5.88. The van der Waals surface area contributed by atoms with E-state index in [1.807, 2.05) is 25.1 Å². The standard InChI is InChI=1S/C11H10BrN3/c1-7-9(6-10(12)11(13)15-7)8-2-4-14-5-3-8/h2-6H,1H3,(H2,13,15). The zero-order valence-corrected chi connectivity index (χ0v) is 9.82. The number of rotatable bonds is 1. The summed E-state index contributed by atoms with van der Waals surface area (Å²) < 4.78 is 0.819. The van der Waals surface area contributed by atoms with E-state index >= 15 is 0 Å². The highest BCUT2D eigenvalue weighted by molar-refractivity contribution is 9.10. The summed E-state index contributed by atoms with van der Waals surface area (Å²) in [5.74, 6) is 0.519. The quantitative estimate of drug-likeness (QED) is 0.861. The van der Waals surface area contributed by atoms with Gasteiger partial charge < -0.3 is 5.73 Å². The van der Waals surface area contributed by atoms with Gasteiger partial charge in [-0.25, -0.2) is 4.98 Å². The predicted molar refractivity (Wildman–Crippen MR) is 64.3 cm³/mol. The molecule has 0 amide bonds. The first-order chi connectivity index (χ1) is 7.18. The number of anilines is 1. The Kier molecular flexibility index (Phi) is 2.68. The zero-order chi connectivity index (χ0) is 10.8. The van der Waals surface area contributed by atoms with E-state index < -0.39 is 0 Å². The highest BCUT2D eigenvalue weighted by atomic mass is 79.9. The van der Waals surface area contributed by atoms with Crippen molar-refractivity contribution in [2.45, 2.75) is 6.92 Å². The fourth-order valence-corrected chi connectivity index (χ4v) is 1.74. The van der Waals surface area contributed by atoms with E-state index in [2.05, 4.69) is 25.9 Å². The third-order valence-electron chi connectivity index (χ3n) is 2.19. The number of nitrogens with zero attached hydrogens (tertiary/aromatic N) is 2. The van der Waals surface area contributed by atoms with Crippen LogP contribution in [0.1, 0.15) is 5.69 Å². The Bertz CT molecular complexity index is 483. The monoisotopic (exact) mass is 263 g/mol. The Balaban J connectivity index is 2.59. The second-order valence-corrected chi connectivity index (χ2v) is 4.08. The topological polar surface area (TPSA) is 51.8 Å². The molecule has 0 aliphatic rings. The minimum atomic E-state index is 0.519. The van der Waals surface area contributed by atoms with Gasteiger partial charge in [0.2, 0.25) is 0 Å². The van der Waals surface area contributed by atoms with Crippen LogP contribution < -0.4 is 5.73 Å². The van der Waals surface area contributed by atoms with Crippen LogP contribution in [0.2, 0.25) is 0 Å². The Hall–Kier alpha value is -1.42. The second kappa shape index (κ2) is 3.98. The molecule has 0 bridgehead atoms. The Morgan fingerprint density at radius 1 is 1.27 bits per heavy atom. The molecular formula is C11H10BrN3. The number of aryl methyl sites for hydroxylation is 1. The van der Waals surface area contributed by atoms with Crippen LogP contribution in [0.5, 0.6) is 0 Å². The fourth-order valence-electron chi connectivity index (χ4n) is 1.42. The van der Waals surface area contributed by atoms with E-state index in [1.54, 1.807) is 12.4 Å². The van der Waals surface area contributed by atoms with Crippen LogP contribution in [-0.2, 0) is 0 Å². The van der Waals surface area contributed by atoms with Gasteiger partial charge in [0.1, 0.15) is 5.82 Å². The van der Waals surface area contributed by atoms with E-state index in [1.165, 1.54) is 0 Å². The number of hydrogen-bond donors (Lipinski definition) is 1. The lowest BCUT2D eigenvalue weighted by Gasteiger charge is -2.07. The number of nitrogens with two attached hydrogens (primary N) is 1. The fraction of sp³-hybridized carbons (Fsp3) is 0.0909. The van der Waals surface area contributed by atoms with Gasteiger partial charge in [-0.1, -0.05) is 0 Å². The number of aromatic nitrogens is 2. The van der Waals surface area contributed by atoms with Gasteiger partial charge in [-0.2, -0.15) is 0 Å².